The van der Waals surface area contributed by atoms with E-state index in [1.54, 1.807) is 0 Å². The lowest BCUT2D eigenvalue weighted by atomic mass is 9.63. The highest BCUT2D eigenvalue weighted by Crippen LogP contribution is 2.48. The Kier molecular flexibility index (Phi) is 7.33. The van der Waals surface area contributed by atoms with Crippen molar-refractivity contribution in [3.8, 4) is 23.0 Å². The lowest BCUT2D eigenvalue weighted by Gasteiger charge is -2.41. The van der Waals surface area contributed by atoms with E-state index in [0.29, 0.717) is 0 Å². The molecular weight excluding hydrogens is 468 g/mol. The SMILES string of the molecule is CCC1CCC(c2ccc(Oc3ccc(N)c(C)c3)cc2)(c2ccc(Oc3ccc(N)c(C)c3)cc2)CC1. The molecule has 0 bridgehead atoms. The van der Waals surface area contributed by atoms with Gasteiger partial charge in [0.25, 0.3) is 0 Å². The average Bonchev–Trinajstić information content (AvgIpc) is 2.94. The molecule has 5 rings (SSSR count). The minimum Gasteiger partial charge on any atom is -0.457 e. The van der Waals surface area contributed by atoms with Crippen molar-refractivity contribution in [1.82, 2.24) is 0 Å². The fourth-order valence-corrected chi connectivity index (χ4v) is 5.70. The van der Waals surface area contributed by atoms with Crippen LogP contribution in [0.4, 0.5) is 11.4 Å². The smallest absolute Gasteiger partial charge is 0.127 e. The number of benzene rings is 4. The number of hydrogen-bond acceptors (Lipinski definition) is 4. The van der Waals surface area contributed by atoms with Crippen LogP contribution in [0.15, 0.2) is 84.9 Å². The first-order chi connectivity index (χ1) is 18.4. The Morgan fingerprint density at radius 3 is 1.39 bits per heavy atom. The van der Waals surface area contributed by atoms with E-state index in [1.165, 1.54) is 30.4 Å². The van der Waals surface area contributed by atoms with Gasteiger partial charge in [-0.3, -0.25) is 0 Å². The van der Waals surface area contributed by atoms with Gasteiger partial charge in [-0.25, -0.2) is 0 Å². The van der Waals surface area contributed by atoms with Crippen LogP contribution in [-0.2, 0) is 5.41 Å². The van der Waals surface area contributed by atoms with Crippen LogP contribution in [0.2, 0.25) is 0 Å². The molecule has 0 amide bonds. The van der Waals surface area contributed by atoms with Gasteiger partial charge in [-0.2, -0.15) is 0 Å². The molecule has 0 heterocycles. The molecule has 4 nitrogen and oxygen atoms in total. The number of ether oxygens (including phenoxy) is 2. The summed E-state index contributed by atoms with van der Waals surface area (Å²) in [5.74, 6) is 4.07. The summed E-state index contributed by atoms with van der Waals surface area (Å²) >= 11 is 0. The molecule has 4 aromatic rings. The third-order valence-corrected chi connectivity index (χ3v) is 8.30. The van der Waals surface area contributed by atoms with Crippen molar-refractivity contribution in [2.45, 2.75) is 58.3 Å². The van der Waals surface area contributed by atoms with Crippen molar-refractivity contribution >= 4 is 11.4 Å². The maximum Gasteiger partial charge on any atom is 0.127 e. The van der Waals surface area contributed by atoms with Crippen molar-refractivity contribution in [3.63, 3.8) is 0 Å². The van der Waals surface area contributed by atoms with E-state index in [4.69, 9.17) is 20.9 Å². The standard InChI is InChI=1S/C34H38N2O2/c1-4-25-17-19-34(20-18-25,26-5-9-28(10-6-26)37-30-13-15-32(35)23(2)21-30)27-7-11-29(12-8-27)38-31-14-16-33(36)24(3)22-31/h5-16,21-22,25H,4,17-20,35-36H2,1-3H3. The number of hydrogen-bond donors (Lipinski definition) is 2. The van der Waals surface area contributed by atoms with Crippen LogP contribution in [0, 0.1) is 19.8 Å². The molecule has 1 aliphatic carbocycles. The van der Waals surface area contributed by atoms with E-state index >= 15 is 0 Å². The van der Waals surface area contributed by atoms with Gasteiger partial charge in [0.2, 0.25) is 0 Å². The average molecular weight is 507 g/mol. The number of anilines is 2. The van der Waals surface area contributed by atoms with Crippen LogP contribution in [0.25, 0.3) is 0 Å². The Labute approximate surface area is 226 Å². The lowest BCUT2D eigenvalue weighted by molar-refractivity contribution is 0.260. The van der Waals surface area contributed by atoms with Gasteiger partial charge in [0.15, 0.2) is 0 Å². The molecule has 4 aromatic carbocycles. The van der Waals surface area contributed by atoms with Gasteiger partial charge in [0.05, 0.1) is 0 Å². The Bertz CT molecular complexity index is 1290. The van der Waals surface area contributed by atoms with Gasteiger partial charge >= 0.3 is 0 Å². The van der Waals surface area contributed by atoms with Gasteiger partial charge in [0.1, 0.15) is 23.0 Å². The van der Waals surface area contributed by atoms with E-state index in [-0.39, 0.29) is 5.41 Å². The first kappa shape index (κ1) is 25.7. The van der Waals surface area contributed by atoms with Crippen LogP contribution in [0.1, 0.15) is 61.3 Å². The summed E-state index contributed by atoms with van der Waals surface area (Å²) in [5, 5.41) is 0. The van der Waals surface area contributed by atoms with Crippen molar-refractivity contribution in [2.75, 3.05) is 11.5 Å². The van der Waals surface area contributed by atoms with Crippen molar-refractivity contribution in [3.05, 3.63) is 107 Å². The zero-order valence-corrected chi connectivity index (χ0v) is 22.7. The number of rotatable bonds is 7. The third kappa shape index (κ3) is 5.35. The lowest BCUT2D eigenvalue weighted by Crippen LogP contribution is -2.33. The predicted molar refractivity (Wildman–Crippen MR) is 157 cm³/mol. The molecule has 1 fully saturated rings. The molecule has 0 unspecified atom stereocenters. The highest BCUT2D eigenvalue weighted by molar-refractivity contribution is 5.52. The number of nitrogens with two attached hydrogens (primary N) is 2. The molecule has 1 saturated carbocycles. The first-order valence-corrected chi connectivity index (χ1v) is 13.7. The molecule has 0 aliphatic heterocycles. The molecule has 4 N–H and O–H groups in total. The second-order valence-electron chi connectivity index (χ2n) is 10.7. The summed E-state index contributed by atoms with van der Waals surface area (Å²) in [7, 11) is 0. The normalized spacial score (nSPS) is 15.2. The molecule has 0 spiro atoms. The summed E-state index contributed by atoms with van der Waals surface area (Å²) in [6, 6.07) is 28.9. The van der Waals surface area contributed by atoms with Crippen LogP contribution in [0.5, 0.6) is 23.0 Å². The molecule has 196 valence electrons. The predicted octanol–water partition coefficient (Wildman–Crippen LogP) is 8.94. The summed E-state index contributed by atoms with van der Waals surface area (Å²) in [4.78, 5) is 0. The van der Waals surface area contributed by atoms with Gasteiger partial charge < -0.3 is 20.9 Å². The van der Waals surface area contributed by atoms with E-state index in [1.807, 2.05) is 50.2 Å². The van der Waals surface area contributed by atoms with Crippen molar-refractivity contribution < 1.29 is 9.47 Å². The number of nitrogen functional groups attached to an aromatic ring is 2. The summed E-state index contributed by atoms with van der Waals surface area (Å²) in [6.07, 6.45) is 6.00. The monoisotopic (exact) mass is 506 g/mol. The van der Waals surface area contributed by atoms with E-state index in [9.17, 15) is 0 Å². The van der Waals surface area contributed by atoms with Crippen LogP contribution in [-0.4, -0.2) is 0 Å². The molecule has 1 aliphatic rings. The zero-order chi connectivity index (χ0) is 26.7. The molecule has 4 heteroatoms. The topological polar surface area (TPSA) is 70.5 Å². The quantitative estimate of drug-likeness (QED) is 0.245. The van der Waals surface area contributed by atoms with E-state index < -0.39 is 0 Å². The largest absolute Gasteiger partial charge is 0.457 e. The first-order valence-electron chi connectivity index (χ1n) is 13.7. The fraction of sp³-hybridized carbons (Fsp3) is 0.294. The molecular formula is C34H38N2O2. The minimum absolute atomic E-state index is 0.0156. The second kappa shape index (κ2) is 10.8. The Morgan fingerprint density at radius 1 is 0.632 bits per heavy atom. The molecule has 0 atom stereocenters. The Balaban J connectivity index is 1.40. The fourth-order valence-electron chi connectivity index (χ4n) is 5.70. The maximum absolute atomic E-state index is 6.14. The van der Waals surface area contributed by atoms with Gasteiger partial charge in [-0.15, -0.1) is 0 Å². The second-order valence-corrected chi connectivity index (χ2v) is 10.7. The van der Waals surface area contributed by atoms with Crippen molar-refractivity contribution in [2.24, 2.45) is 5.92 Å². The van der Waals surface area contributed by atoms with Gasteiger partial charge in [-0.1, -0.05) is 37.6 Å². The maximum atomic E-state index is 6.14. The van der Waals surface area contributed by atoms with Gasteiger partial charge in [0, 0.05) is 16.8 Å². The summed E-state index contributed by atoms with van der Waals surface area (Å²) in [6.45, 7) is 6.30. The molecule has 0 radical (unpaired) electrons. The van der Waals surface area contributed by atoms with Crippen LogP contribution >= 0.6 is 0 Å². The van der Waals surface area contributed by atoms with Crippen molar-refractivity contribution in [1.29, 1.82) is 0 Å². The van der Waals surface area contributed by atoms with E-state index in [0.717, 1.165) is 64.3 Å². The molecule has 0 saturated heterocycles. The van der Waals surface area contributed by atoms with E-state index in [2.05, 4.69) is 55.5 Å². The summed E-state index contributed by atoms with van der Waals surface area (Å²) < 4.78 is 12.3. The summed E-state index contributed by atoms with van der Waals surface area (Å²) in [5.41, 5.74) is 18.2. The highest BCUT2D eigenvalue weighted by atomic mass is 16.5. The van der Waals surface area contributed by atoms with Crippen LogP contribution in [0.3, 0.4) is 0 Å². The third-order valence-electron chi connectivity index (χ3n) is 8.30. The minimum atomic E-state index is -0.0156. The Hall–Kier alpha value is -3.92. The van der Waals surface area contributed by atoms with Gasteiger partial charge in [-0.05, 0) is 128 Å². The molecule has 38 heavy (non-hydrogen) atoms. The zero-order valence-electron chi connectivity index (χ0n) is 22.7. The van der Waals surface area contributed by atoms with Crippen LogP contribution < -0.4 is 20.9 Å². The Morgan fingerprint density at radius 2 is 1.03 bits per heavy atom. The number of aryl methyl sites for hydroxylation is 2. The molecule has 0 aromatic heterocycles. The highest BCUT2D eigenvalue weighted by Gasteiger charge is 2.38.